The van der Waals surface area contributed by atoms with Crippen molar-refractivity contribution in [3.63, 3.8) is 0 Å². The van der Waals surface area contributed by atoms with Gasteiger partial charge in [0.1, 0.15) is 5.76 Å². The lowest BCUT2D eigenvalue weighted by Crippen LogP contribution is -2.40. The van der Waals surface area contributed by atoms with Gasteiger partial charge in [-0.15, -0.1) is 0 Å². The fourth-order valence-corrected chi connectivity index (χ4v) is 3.56. The Morgan fingerprint density at radius 1 is 1.21 bits per heavy atom. The van der Waals surface area contributed by atoms with Gasteiger partial charge in [0.15, 0.2) is 14.1 Å². The molecule has 1 N–H and O–H groups in total. The lowest BCUT2D eigenvalue weighted by Gasteiger charge is -2.35. The third-order valence-electron chi connectivity index (χ3n) is 5.50. The number of methoxy groups -OCH3 is 1. The fraction of sp³-hybridized carbons (Fsp3) is 0.455. The van der Waals surface area contributed by atoms with Crippen LogP contribution in [0.2, 0.25) is 18.1 Å². The Balaban J connectivity index is 2.44. The molecular formula is C22H30O6Si. The van der Waals surface area contributed by atoms with E-state index in [0.29, 0.717) is 5.76 Å². The number of hydrogen-bond acceptors (Lipinski definition) is 6. The van der Waals surface area contributed by atoms with E-state index in [4.69, 9.17) is 13.6 Å². The van der Waals surface area contributed by atoms with E-state index >= 15 is 0 Å². The fourth-order valence-electron chi connectivity index (χ4n) is 2.63. The maximum absolute atomic E-state index is 12.4. The van der Waals surface area contributed by atoms with Crippen molar-refractivity contribution in [3.8, 4) is 5.75 Å². The van der Waals surface area contributed by atoms with Crippen LogP contribution in [0.25, 0.3) is 0 Å². The van der Waals surface area contributed by atoms with Crippen molar-refractivity contribution in [3.05, 3.63) is 63.7 Å². The van der Waals surface area contributed by atoms with Crippen LogP contribution >= 0.6 is 0 Å². The highest BCUT2D eigenvalue weighted by atomic mass is 28.4. The van der Waals surface area contributed by atoms with Gasteiger partial charge in [0.2, 0.25) is 11.2 Å². The molecule has 0 unspecified atom stereocenters. The van der Waals surface area contributed by atoms with Gasteiger partial charge in [-0.3, -0.25) is 9.59 Å². The van der Waals surface area contributed by atoms with Gasteiger partial charge in [-0.2, -0.15) is 0 Å². The predicted molar refractivity (Wildman–Crippen MR) is 114 cm³/mol. The minimum atomic E-state index is -2.06. The molecule has 2 rings (SSSR count). The van der Waals surface area contributed by atoms with Crippen molar-refractivity contribution < 1.29 is 23.5 Å². The summed E-state index contributed by atoms with van der Waals surface area (Å²) in [5.74, 6) is -1.26. The zero-order valence-corrected chi connectivity index (χ0v) is 18.9. The van der Waals surface area contributed by atoms with Gasteiger partial charge in [0.05, 0.1) is 26.1 Å². The molecule has 0 bridgehead atoms. The van der Waals surface area contributed by atoms with Gasteiger partial charge in [0, 0.05) is 6.07 Å². The van der Waals surface area contributed by atoms with E-state index in [-0.39, 0.29) is 23.8 Å². The van der Waals surface area contributed by atoms with Crippen LogP contribution in [0.1, 0.15) is 50.2 Å². The van der Waals surface area contributed by atoms with Crippen molar-refractivity contribution in [1.29, 1.82) is 0 Å². The highest BCUT2D eigenvalue weighted by Crippen LogP contribution is 2.38. The number of carbonyl (C=O) groups is 1. The largest absolute Gasteiger partial charge is 0.502 e. The molecule has 1 aromatic heterocycles. The summed E-state index contributed by atoms with van der Waals surface area (Å²) in [6.45, 7) is 10.7. The van der Waals surface area contributed by atoms with Crippen LogP contribution in [0.15, 0.2) is 45.6 Å². The molecular weight excluding hydrogens is 388 g/mol. The molecule has 0 fully saturated rings. The molecule has 0 amide bonds. The first kappa shape index (κ1) is 22.9. The Morgan fingerprint density at radius 3 is 2.38 bits per heavy atom. The highest BCUT2D eigenvalue weighted by Gasteiger charge is 2.37. The lowest BCUT2D eigenvalue weighted by molar-refractivity contribution is -0.140. The van der Waals surface area contributed by atoms with Crippen LogP contribution in [0, 0.1) is 0 Å². The molecule has 0 aliphatic heterocycles. The topological polar surface area (TPSA) is 86.0 Å². The van der Waals surface area contributed by atoms with Gasteiger partial charge >= 0.3 is 5.97 Å². The van der Waals surface area contributed by atoms with Gasteiger partial charge in [-0.05, 0) is 23.7 Å². The number of esters is 1. The molecule has 1 heterocycles. The van der Waals surface area contributed by atoms with Crippen molar-refractivity contribution in [2.45, 2.75) is 57.8 Å². The standard InChI is InChI=1S/C22H30O6Si/c1-22(2,3)29(5,6)27-14-16-12-18(23)20(25)21(28-16)17(13-19(24)26-4)15-10-8-7-9-11-15/h7-12,17,25H,13-14H2,1-6H3/t17-/m0/s1. The molecule has 29 heavy (non-hydrogen) atoms. The normalized spacial score (nSPS) is 13.2. The van der Waals surface area contributed by atoms with Gasteiger partial charge in [-0.25, -0.2) is 0 Å². The maximum atomic E-state index is 12.4. The molecule has 0 aliphatic rings. The van der Waals surface area contributed by atoms with Crippen LogP contribution in [-0.4, -0.2) is 26.5 Å². The molecule has 0 saturated heterocycles. The third-order valence-corrected chi connectivity index (χ3v) is 9.98. The number of carbonyl (C=O) groups excluding carboxylic acids is 1. The zero-order valence-electron chi connectivity index (χ0n) is 17.9. The molecule has 2 aromatic rings. The summed E-state index contributed by atoms with van der Waals surface area (Å²) in [7, 11) is -0.762. The van der Waals surface area contributed by atoms with Crippen molar-refractivity contribution in [2.75, 3.05) is 7.11 Å². The summed E-state index contributed by atoms with van der Waals surface area (Å²) in [5, 5.41) is 10.4. The van der Waals surface area contributed by atoms with E-state index in [9.17, 15) is 14.7 Å². The molecule has 158 valence electrons. The minimum absolute atomic E-state index is 0.00447. The van der Waals surface area contributed by atoms with Crippen molar-refractivity contribution in [1.82, 2.24) is 0 Å². The first-order valence-electron chi connectivity index (χ1n) is 9.58. The monoisotopic (exact) mass is 418 g/mol. The van der Waals surface area contributed by atoms with Crippen molar-refractivity contribution in [2.24, 2.45) is 0 Å². The highest BCUT2D eigenvalue weighted by molar-refractivity contribution is 6.74. The molecule has 7 heteroatoms. The van der Waals surface area contributed by atoms with E-state index in [1.807, 2.05) is 30.3 Å². The summed E-state index contributed by atoms with van der Waals surface area (Å²) < 4.78 is 16.8. The van der Waals surface area contributed by atoms with Crippen LogP contribution < -0.4 is 5.43 Å². The second kappa shape index (κ2) is 8.96. The minimum Gasteiger partial charge on any atom is -0.502 e. The molecule has 0 saturated carbocycles. The van der Waals surface area contributed by atoms with Gasteiger partial charge < -0.3 is 18.7 Å². The number of ether oxygens (including phenoxy) is 1. The number of hydrogen-bond donors (Lipinski definition) is 1. The van der Waals surface area contributed by atoms with E-state index < -0.39 is 31.4 Å². The van der Waals surface area contributed by atoms with E-state index in [0.717, 1.165) is 5.56 Å². The average molecular weight is 419 g/mol. The smallest absolute Gasteiger partial charge is 0.306 e. The summed E-state index contributed by atoms with van der Waals surface area (Å²) in [4.78, 5) is 24.4. The average Bonchev–Trinajstić information content (AvgIpc) is 2.66. The number of aromatic hydroxyl groups is 1. The van der Waals surface area contributed by atoms with E-state index in [1.54, 1.807) is 0 Å². The molecule has 0 radical (unpaired) electrons. The number of benzene rings is 1. The summed E-state index contributed by atoms with van der Waals surface area (Å²) in [5.41, 5.74) is 0.171. The Bertz CT molecular complexity index is 896. The van der Waals surface area contributed by atoms with E-state index in [1.165, 1.54) is 13.2 Å². The lowest BCUT2D eigenvalue weighted by atomic mass is 9.92. The SMILES string of the molecule is COC(=O)C[C@@H](c1ccccc1)c1oc(CO[Si](C)(C)C(C)(C)C)cc(=O)c1O. The maximum Gasteiger partial charge on any atom is 0.306 e. The quantitative estimate of drug-likeness (QED) is 0.524. The summed E-state index contributed by atoms with van der Waals surface area (Å²) in [6, 6.07) is 10.3. The predicted octanol–water partition coefficient (Wildman–Crippen LogP) is 4.56. The molecule has 1 aromatic carbocycles. The molecule has 6 nitrogen and oxygen atoms in total. The summed E-state index contributed by atoms with van der Waals surface area (Å²) >= 11 is 0. The van der Waals surface area contributed by atoms with Crippen LogP contribution in [0.3, 0.4) is 0 Å². The molecule has 1 atom stereocenters. The summed E-state index contributed by atoms with van der Waals surface area (Å²) in [6.07, 6.45) is -0.0659. The number of rotatable bonds is 7. The van der Waals surface area contributed by atoms with Crippen LogP contribution in [0.5, 0.6) is 5.75 Å². The third kappa shape index (κ3) is 5.58. The van der Waals surface area contributed by atoms with Gasteiger partial charge in [-0.1, -0.05) is 51.1 Å². The second-order valence-electron chi connectivity index (χ2n) is 8.58. The van der Waals surface area contributed by atoms with Crippen molar-refractivity contribution >= 4 is 14.3 Å². The van der Waals surface area contributed by atoms with E-state index in [2.05, 4.69) is 33.9 Å². The molecule has 0 spiro atoms. The Hall–Kier alpha value is -2.38. The zero-order chi connectivity index (χ0) is 21.8. The molecule has 0 aliphatic carbocycles. The van der Waals surface area contributed by atoms with Gasteiger partial charge in [0.25, 0.3) is 0 Å². The Labute approximate surface area is 172 Å². The first-order valence-corrected chi connectivity index (χ1v) is 12.5. The Kier molecular flexibility index (Phi) is 7.08. The Morgan fingerprint density at radius 2 is 1.83 bits per heavy atom. The second-order valence-corrected chi connectivity index (χ2v) is 13.4. The van der Waals surface area contributed by atoms with Crippen LogP contribution in [0.4, 0.5) is 0 Å². The van der Waals surface area contributed by atoms with Crippen LogP contribution in [-0.2, 0) is 20.6 Å². The first-order chi connectivity index (χ1) is 13.5.